The van der Waals surface area contributed by atoms with Gasteiger partial charge in [0.1, 0.15) is 21.1 Å². The van der Waals surface area contributed by atoms with Gasteiger partial charge in [0, 0.05) is 45.6 Å². The van der Waals surface area contributed by atoms with Crippen LogP contribution in [0.2, 0.25) is 0 Å². The van der Waals surface area contributed by atoms with E-state index in [9.17, 15) is 25.9 Å². The topological polar surface area (TPSA) is 146 Å². The van der Waals surface area contributed by atoms with Crippen LogP contribution < -0.4 is 10.7 Å². The van der Waals surface area contributed by atoms with Crippen LogP contribution >= 0.6 is 0 Å². The van der Waals surface area contributed by atoms with E-state index >= 15 is 0 Å². The minimum Gasteiger partial charge on any atom is -0.456 e. The fourth-order valence-electron chi connectivity index (χ4n) is 7.54. The standard InChI is InChI=1S/C47H54N2O7S2/c1-44(2,3)32-18-15-19-33(45(4,5)6)42(32)48-28-23-24-29-37(25-28)56-38-27-36(49-43-34(46(7,8)9)20-16-21-35(43)47(10,11)12)40(58(53,54)55)26-31(38)41(29)30-17-13-14-22-39(30)57(50,51)52/h13-27,48H,1-12H3,(H,50,51,52)(H,53,54,55). The molecule has 3 N–H and O–H groups in total. The second kappa shape index (κ2) is 14.5. The average Bonchev–Trinajstić information content (AvgIpc) is 3.07. The Hall–Kier alpha value is -4.81. The van der Waals surface area contributed by atoms with Crippen LogP contribution in [-0.2, 0) is 41.9 Å². The average molecular weight is 823 g/mol. The molecule has 4 aromatic rings. The van der Waals surface area contributed by atoms with Gasteiger partial charge in [0.05, 0.1) is 11.0 Å². The van der Waals surface area contributed by atoms with Gasteiger partial charge in [0.25, 0.3) is 20.2 Å². The molecule has 9 nitrogen and oxygen atoms in total. The van der Waals surface area contributed by atoms with Crippen LogP contribution in [0.15, 0.2) is 110 Å². The van der Waals surface area contributed by atoms with Gasteiger partial charge in [-0.1, -0.05) is 138 Å². The first-order valence-corrected chi connectivity index (χ1v) is 22.1. The highest BCUT2D eigenvalue weighted by Gasteiger charge is 2.30. The molecule has 6 rings (SSSR count). The Morgan fingerprint density at radius 1 is 0.552 bits per heavy atom. The predicted octanol–water partition coefficient (Wildman–Crippen LogP) is 11.9. The van der Waals surface area contributed by atoms with E-state index in [1.807, 2.05) is 71.9 Å². The van der Waals surface area contributed by atoms with Crippen molar-refractivity contribution in [3.8, 4) is 22.5 Å². The molecule has 0 bridgehead atoms. The first-order valence-electron chi connectivity index (χ1n) is 19.3. The summed E-state index contributed by atoms with van der Waals surface area (Å²) in [7, 11) is -9.68. The molecule has 4 aromatic carbocycles. The van der Waals surface area contributed by atoms with Crippen molar-refractivity contribution in [2.75, 3.05) is 5.32 Å². The molecule has 0 saturated carbocycles. The Labute approximate surface area is 343 Å². The lowest BCUT2D eigenvalue weighted by molar-refractivity contribution is 0.480. The van der Waals surface area contributed by atoms with Crippen molar-refractivity contribution in [2.24, 2.45) is 4.99 Å². The SMILES string of the molecule is CC(C)(C)c1cccc(C(C)(C)C)c1N=c1cc2oc3cc(Nc4c(C(C)(C)C)cccc4C(C)(C)C)ccc3c(-c3ccccc3S(=O)(=O)O)c-2cc1S(=O)(=O)O. The molecule has 2 aliphatic rings. The third-order valence-electron chi connectivity index (χ3n) is 10.3. The van der Waals surface area contributed by atoms with Gasteiger partial charge in [0.2, 0.25) is 0 Å². The Balaban J connectivity index is 1.77. The van der Waals surface area contributed by atoms with Gasteiger partial charge in [-0.15, -0.1) is 0 Å². The van der Waals surface area contributed by atoms with Crippen LogP contribution in [0.4, 0.5) is 17.1 Å². The maximum atomic E-state index is 13.3. The summed E-state index contributed by atoms with van der Waals surface area (Å²) in [6.07, 6.45) is 0. The highest BCUT2D eigenvalue weighted by molar-refractivity contribution is 7.86. The normalized spacial score (nSPS) is 13.7. The van der Waals surface area contributed by atoms with Crippen LogP contribution in [0.25, 0.3) is 33.4 Å². The van der Waals surface area contributed by atoms with Gasteiger partial charge in [-0.25, -0.2) is 4.99 Å². The molecule has 0 unspecified atom stereocenters. The van der Waals surface area contributed by atoms with Crippen molar-refractivity contribution in [1.82, 2.24) is 0 Å². The summed E-state index contributed by atoms with van der Waals surface area (Å²) in [5.41, 5.74) is 5.98. The summed E-state index contributed by atoms with van der Waals surface area (Å²) < 4.78 is 80.3. The quantitative estimate of drug-likeness (QED) is 0.111. The number of para-hydroxylation sites is 2. The molecule has 0 saturated heterocycles. The lowest BCUT2D eigenvalue weighted by Crippen LogP contribution is -2.20. The zero-order valence-corrected chi connectivity index (χ0v) is 37.0. The molecule has 0 spiro atoms. The van der Waals surface area contributed by atoms with E-state index in [0.29, 0.717) is 22.3 Å². The highest BCUT2D eigenvalue weighted by atomic mass is 32.2. The minimum absolute atomic E-state index is 0.0579. The van der Waals surface area contributed by atoms with Gasteiger partial charge in [0.15, 0.2) is 0 Å². The maximum Gasteiger partial charge on any atom is 0.296 e. The maximum absolute atomic E-state index is 13.3. The second-order valence-corrected chi connectivity index (χ2v) is 21.9. The fraction of sp³-hybridized carbons (Fsp3) is 0.340. The number of anilines is 2. The summed E-state index contributed by atoms with van der Waals surface area (Å²) >= 11 is 0. The predicted molar refractivity (Wildman–Crippen MR) is 234 cm³/mol. The number of fused-ring (bicyclic) bond motifs is 2. The van der Waals surface area contributed by atoms with Crippen molar-refractivity contribution in [1.29, 1.82) is 0 Å². The number of benzene rings is 5. The molecule has 0 aromatic heterocycles. The molecule has 0 atom stereocenters. The Kier molecular flexibility index (Phi) is 10.7. The van der Waals surface area contributed by atoms with E-state index in [2.05, 4.69) is 65.1 Å². The van der Waals surface area contributed by atoms with E-state index in [1.165, 1.54) is 24.3 Å². The molecule has 0 radical (unpaired) electrons. The zero-order chi connectivity index (χ0) is 43.0. The third kappa shape index (κ3) is 8.50. The van der Waals surface area contributed by atoms with Crippen LogP contribution in [0.3, 0.4) is 0 Å². The Bertz CT molecular complexity index is 2780. The smallest absolute Gasteiger partial charge is 0.296 e. The first kappa shape index (κ1) is 42.8. The van der Waals surface area contributed by atoms with E-state index in [-0.39, 0.29) is 54.4 Å². The summed E-state index contributed by atoms with van der Waals surface area (Å²) in [5, 5.41) is 4.06. The number of hydrogen-bond donors (Lipinski definition) is 3. The van der Waals surface area contributed by atoms with E-state index in [0.717, 1.165) is 27.9 Å². The molecular weight excluding hydrogens is 769 g/mol. The molecule has 1 aliphatic heterocycles. The molecule has 11 heteroatoms. The van der Waals surface area contributed by atoms with Crippen molar-refractivity contribution in [3.05, 3.63) is 119 Å². The lowest BCUT2D eigenvalue weighted by atomic mass is 9.78. The van der Waals surface area contributed by atoms with Gasteiger partial charge in [-0.2, -0.15) is 16.8 Å². The van der Waals surface area contributed by atoms with E-state index < -0.39 is 25.1 Å². The van der Waals surface area contributed by atoms with E-state index in [4.69, 9.17) is 9.41 Å². The molecule has 0 fully saturated rings. The minimum atomic E-state index is -4.92. The number of hydrogen-bond acceptors (Lipinski definition) is 7. The van der Waals surface area contributed by atoms with Crippen molar-refractivity contribution >= 4 is 48.3 Å². The molecule has 58 heavy (non-hydrogen) atoms. The first-order chi connectivity index (χ1) is 26.6. The fourth-order valence-corrected chi connectivity index (χ4v) is 8.88. The number of nitrogens with zero attached hydrogens (tertiary/aromatic N) is 1. The monoisotopic (exact) mass is 822 g/mol. The molecule has 1 aliphatic carbocycles. The van der Waals surface area contributed by atoms with Crippen LogP contribution in [0.5, 0.6) is 0 Å². The van der Waals surface area contributed by atoms with Crippen LogP contribution in [0, 0.1) is 0 Å². The van der Waals surface area contributed by atoms with Crippen molar-refractivity contribution in [2.45, 2.75) is 115 Å². The molecule has 0 amide bonds. The summed E-state index contributed by atoms with van der Waals surface area (Å²) in [6.45, 7) is 25.3. The third-order valence-corrected chi connectivity index (χ3v) is 12.1. The molecule has 306 valence electrons. The summed E-state index contributed by atoms with van der Waals surface area (Å²) in [6, 6.07) is 26.3. The van der Waals surface area contributed by atoms with Crippen LogP contribution in [0.1, 0.15) is 105 Å². The number of nitrogens with one attached hydrogen (secondary N) is 1. The van der Waals surface area contributed by atoms with Crippen LogP contribution in [-0.4, -0.2) is 25.9 Å². The largest absolute Gasteiger partial charge is 0.456 e. The molecule has 1 heterocycles. The highest BCUT2D eigenvalue weighted by Crippen LogP contribution is 2.46. The van der Waals surface area contributed by atoms with Gasteiger partial charge in [-0.3, -0.25) is 9.11 Å². The van der Waals surface area contributed by atoms with Crippen molar-refractivity contribution in [3.63, 3.8) is 0 Å². The number of rotatable bonds is 6. The Morgan fingerprint density at radius 2 is 1.05 bits per heavy atom. The van der Waals surface area contributed by atoms with Crippen molar-refractivity contribution < 1.29 is 30.4 Å². The van der Waals surface area contributed by atoms with E-state index in [1.54, 1.807) is 18.2 Å². The lowest BCUT2D eigenvalue weighted by Gasteiger charge is -2.30. The van der Waals surface area contributed by atoms with Gasteiger partial charge >= 0.3 is 0 Å². The second-order valence-electron chi connectivity index (χ2n) is 19.1. The summed E-state index contributed by atoms with van der Waals surface area (Å²) in [5.74, 6) is 0.173. The molecular formula is C47H54N2O7S2. The Morgan fingerprint density at radius 3 is 1.55 bits per heavy atom. The van der Waals surface area contributed by atoms with Gasteiger partial charge in [-0.05, 0) is 68.2 Å². The summed E-state index contributed by atoms with van der Waals surface area (Å²) in [4.78, 5) is 4.15. The zero-order valence-electron chi connectivity index (χ0n) is 35.4. The van der Waals surface area contributed by atoms with Gasteiger partial charge < -0.3 is 9.73 Å².